The molecule has 21 heavy (non-hydrogen) atoms. The number of aryl methyl sites for hydroxylation is 1. The molecule has 1 atom stereocenters. The Bertz CT molecular complexity index is 653. The van der Waals surface area contributed by atoms with Crippen molar-refractivity contribution in [2.75, 3.05) is 18.0 Å². The molecule has 1 aliphatic rings. The lowest BCUT2D eigenvalue weighted by Crippen LogP contribution is -2.24. The van der Waals surface area contributed by atoms with Gasteiger partial charge in [-0.2, -0.15) is 0 Å². The topological polar surface area (TPSA) is 78.9 Å². The molecule has 1 unspecified atom stereocenters. The Labute approximate surface area is 124 Å². The monoisotopic (exact) mass is 281 g/mol. The summed E-state index contributed by atoms with van der Waals surface area (Å²) in [6.45, 7) is 3.74. The van der Waals surface area contributed by atoms with E-state index in [0.29, 0.717) is 17.6 Å². The van der Waals surface area contributed by atoms with Crippen LogP contribution in [-0.4, -0.2) is 28.9 Å². The molecule has 0 aliphatic carbocycles. The predicted octanol–water partition coefficient (Wildman–Crippen LogP) is 2.06. The van der Waals surface area contributed by atoms with Gasteiger partial charge in [-0.3, -0.25) is 5.41 Å². The zero-order chi connectivity index (χ0) is 14.8. The molecule has 2 aromatic rings. The fourth-order valence-electron chi connectivity index (χ4n) is 2.77. The molecule has 0 amide bonds. The molecule has 5 heteroatoms. The highest BCUT2D eigenvalue weighted by Gasteiger charge is 2.26. The molecule has 1 saturated heterocycles. The van der Waals surface area contributed by atoms with Crippen molar-refractivity contribution in [1.29, 1.82) is 5.41 Å². The maximum atomic E-state index is 7.54. The number of nitrogens with two attached hydrogens (primary N) is 1. The number of hydrogen-bond donors (Lipinski definition) is 2. The molecule has 5 nitrogen and oxygen atoms in total. The molecule has 2 heterocycles. The van der Waals surface area contributed by atoms with E-state index in [4.69, 9.17) is 11.1 Å². The van der Waals surface area contributed by atoms with E-state index in [2.05, 4.69) is 39.1 Å². The SMILES string of the molecule is Cc1cc(C(=N)N)nc(N2CCC(c3ccccc3)C2)n1. The van der Waals surface area contributed by atoms with Gasteiger partial charge < -0.3 is 10.6 Å². The Hall–Kier alpha value is -2.43. The van der Waals surface area contributed by atoms with E-state index in [-0.39, 0.29) is 5.84 Å². The van der Waals surface area contributed by atoms with Crippen LogP contribution in [0.4, 0.5) is 5.95 Å². The van der Waals surface area contributed by atoms with E-state index in [1.165, 1.54) is 5.56 Å². The lowest BCUT2D eigenvalue weighted by Gasteiger charge is -2.17. The first kappa shape index (κ1) is 13.5. The van der Waals surface area contributed by atoms with Gasteiger partial charge in [-0.05, 0) is 25.0 Å². The van der Waals surface area contributed by atoms with E-state index >= 15 is 0 Å². The number of nitrogen functional groups attached to an aromatic ring is 1. The zero-order valence-electron chi connectivity index (χ0n) is 12.1. The molecule has 1 fully saturated rings. The largest absolute Gasteiger partial charge is 0.382 e. The lowest BCUT2D eigenvalue weighted by molar-refractivity contribution is 0.772. The first-order chi connectivity index (χ1) is 10.1. The summed E-state index contributed by atoms with van der Waals surface area (Å²) in [6, 6.07) is 12.3. The summed E-state index contributed by atoms with van der Waals surface area (Å²) >= 11 is 0. The first-order valence-corrected chi connectivity index (χ1v) is 7.13. The van der Waals surface area contributed by atoms with Crippen molar-refractivity contribution in [2.45, 2.75) is 19.3 Å². The van der Waals surface area contributed by atoms with Gasteiger partial charge in [0.1, 0.15) is 11.5 Å². The zero-order valence-corrected chi connectivity index (χ0v) is 12.1. The standard InChI is InChI=1S/C16H19N5/c1-11-9-14(15(17)18)20-16(19-11)21-8-7-13(10-21)12-5-3-2-4-6-12/h2-6,9,13H,7-8,10H2,1H3,(H3,17,18). The summed E-state index contributed by atoms with van der Waals surface area (Å²) in [5.74, 6) is 1.18. The number of nitrogens with one attached hydrogen (secondary N) is 1. The summed E-state index contributed by atoms with van der Waals surface area (Å²) < 4.78 is 0. The second kappa shape index (κ2) is 5.52. The Morgan fingerprint density at radius 2 is 2.05 bits per heavy atom. The molecule has 1 aliphatic heterocycles. The number of aromatic nitrogens is 2. The van der Waals surface area contributed by atoms with Gasteiger partial charge >= 0.3 is 0 Å². The Morgan fingerprint density at radius 1 is 1.29 bits per heavy atom. The highest BCUT2D eigenvalue weighted by molar-refractivity contribution is 5.93. The molecular weight excluding hydrogens is 262 g/mol. The van der Waals surface area contributed by atoms with Crippen molar-refractivity contribution >= 4 is 11.8 Å². The smallest absolute Gasteiger partial charge is 0.226 e. The number of amidine groups is 1. The number of anilines is 1. The molecule has 3 rings (SSSR count). The van der Waals surface area contributed by atoms with Crippen molar-refractivity contribution in [3.63, 3.8) is 0 Å². The van der Waals surface area contributed by atoms with E-state index in [1.54, 1.807) is 6.07 Å². The van der Waals surface area contributed by atoms with Crippen LogP contribution >= 0.6 is 0 Å². The van der Waals surface area contributed by atoms with Gasteiger partial charge in [-0.25, -0.2) is 9.97 Å². The Morgan fingerprint density at radius 3 is 2.76 bits per heavy atom. The maximum absolute atomic E-state index is 7.54. The number of rotatable bonds is 3. The average Bonchev–Trinajstić information content (AvgIpc) is 2.97. The van der Waals surface area contributed by atoms with Crippen LogP contribution < -0.4 is 10.6 Å². The normalized spacial score (nSPS) is 18.0. The minimum atomic E-state index is -0.0134. The molecule has 0 radical (unpaired) electrons. The third-order valence-electron chi connectivity index (χ3n) is 3.86. The van der Waals surface area contributed by atoms with Crippen LogP contribution in [-0.2, 0) is 0 Å². The second-order valence-electron chi connectivity index (χ2n) is 5.45. The van der Waals surface area contributed by atoms with E-state index < -0.39 is 0 Å². The van der Waals surface area contributed by atoms with Gasteiger partial charge in [0.2, 0.25) is 5.95 Å². The van der Waals surface area contributed by atoms with Crippen molar-refractivity contribution in [3.8, 4) is 0 Å². The van der Waals surface area contributed by atoms with Gasteiger partial charge in [-0.15, -0.1) is 0 Å². The van der Waals surface area contributed by atoms with Crippen molar-refractivity contribution in [2.24, 2.45) is 5.73 Å². The van der Waals surface area contributed by atoms with Gasteiger partial charge in [-0.1, -0.05) is 30.3 Å². The van der Waals surface area contributed by atoms with Gasteiger partial charge in [0.05, 0.1) is 0 Å². The van der Waals surface area contributed by atoms with Crippen molar-refractivity contribution in [1.82, 2.24) is 9.97 Å². The highest BCUT2D eigenvalue weighted by atomic mass is 15.3. The number of nitrogens with zero attached hydrogens (tertiary/aromatic N) is 3. The molecule has 1 aromatic heterocycles. The number of benzene rings is 1. The summed E-state index contributed by atoms with van der Waals surface area (Å²) in [7, 11) is 0. The van der Waals surface area contributed by atoms with Crippen molar-refractivity contribution in [3.05, 3.63) is 53.3 Å². The third kappa shape index (κ3) is 2.86. The van der Waals surface area contributed by atoms with E-state index in [0.717, 1.165) is 25.2 Å². The summed E-state index contributed by atoms with van der Waals surface area (Å²) in [5.41, 5.74) is 8.25. The third-order valence-corrected chi connectivity index (χ3v) is 3.86. The fraction of sp³-hybridized carbons (Fsp3) is 0.312. The molecule has 3 N–H and O–H groups in total. The average molecular weight is 281 g/mol. The van der Waals surface area contributed by atoms with E-state index in [9.17, 15) is 0 Å². The molecule has 108 valence electrons. The first-order valence-electron chi connectivity index (χ1n) is 7.13. The predicted molar refractivity (Wildman–Crippen MR) is 83.8 cm³/mol. The number of hydrogen-bond acceptors (Lipinski definition) is 4. The van der Waals surface area contributed by atoms with Crippen LogP contribution in [0.15, 0.2) is 36.4 Å². The van der Waals surface area contributed by atoms with Crippen LogP contribution in [0.5, 0.6) is 0 Å². The fourth-order valence-corrected chi connectivity index (χ4v) is 2.77. The van der Waals surface area contributed by atoms with E-state index in [1.807, 2.05) is 13.0 Å². The minimum Gasteiger partial charge on any atom is -0.382 e. The lowest BCUT2D eigenvalue weighted by atomic mass is 9.99. The molecular formula is C16H19N5. The van der Waals surface area contributed by atoms with Gasteiger partial charge in [0.15, 0.2) is 0 Å². The second-order valence-corrected chi connectivity index (χ2v) is 5.45. The van der Waals surface area contributed by atoms with Gasteiger partial charge in [0.25, 0.3) is 0 Å². The van der Waals surface area contributed by atoms with Crippen molar-refractivity contribution < 1.29 is 0 Å². The summed E-state index contributed by atoms with van der Waals surface area (Å²) in [6.07, 6.45) is 1.09. The molecule has 0 spiro atoms. The highest BCUT2D eigenvalue weighted by Crippen LogP contribution is 2.29. The van der Waals surface area contributed by atoms with Crippen LogP contribution in [0.2, 0.25) is 0 Å². The Kier molecular flexibility index (Phi) is 3.56. The van der Waals surface area contributed by atoms with Gasteiger partial charge in [0, 0.05) is 24.7 Å². The van der Waals surface area contributed by atoms with Crippen LogP contribution in [0.25, 0.3) is 0 Å². The van der Waals surface area contributed by atoms with Crippen LogP contribution in [0.3, 0.4) is 0 Å². The maximum Gasteiger partial charge on any atom is 0.226 e. The molecule has 0 saturated carbocycles. The quantitative estimate of drug-likeness (QED) is 0.666. The van der Waals surface area contributed by atoms with Crippen LogP contribution in [0.1, 0.15) is 29.3 Å². The molecule has 0 bridgehead atoms. The van der Waals surface area contributed by atoms with Crippen LogP contribution in [0, 0.1) is 12.3 Å². The Balaban J connectivity index is 1.82. The minimum absolute atomic E-state index is 0.0134. The molecule has 1 aromatic carbocycles. The summed E-state index contributed by atoms with van der Waals surface area (Å²) in [5, 5.41) is 7.54. The summed E-state index contributed by atoms with van der Waals surface area (Å²) in [4.78, 5) is 11.1.